The molecule has 2 rings (SSSR count). The number of nitrogens with one attached hydrogen (secondary N) is 1. The summed E-state index contributed by atoms with van der Waals surface area (Å²) in [7, 11) is 1.43. The van der Waals surface area contributed by atoms with Crippen LogP contribution in [0.2, 0.25) is 0 Å². The fourth-order valence-corrected chi connectivity index (χ4v) is 3.07. The summed E-state index contributed by atoms with van der Waals surface area (Å²) in [5.74, 6) is -0.182. The van der Waals surface area contributed by atoms with Crippen LogP contribution in [-0.2, 0) is 22.5 Å². The monoisotopic (exact) mass is 275 g/mol. The molecule has 0 radical (unpaired) electrons. The van der Waals surface area contributed by atoms with E-state index in [2.05, 4.69) is 25.2 Å². The average molecular weight is 275 g/mol. The lowest BCUT2D eigenvalue weighted by atomic mass is 9.87. The summed E-state index contributed by atoms with van der Waals surface area (Å²) in [4.78, 5) is 11.5. The zero-order valence-corrected chi connectivity index (χ0v) is 12.7. The highest BCUT2D eigenvalue weighted by Gasteiger charge is 2.33. The molecule has 0 bridgehead atoms. The van der Waals surface area contributed by atoms with Gasteiger partial charge in [-0.3, -0.25) is 4.79 Å². The molecule has 1 fully saturated rings. The maximum absolute atomic E-state index is 11.5. The van der Waals surface area contributed by atoms with E-state index < -0.39 is 0 Å². The second kappa shape index (κ2) is 6.40. The lowest BCUT2D eigenvalue weighted by Crippen LogP contribution is -2.37. The Morgan fingerprint density at radius 1 is 1.35 bits per heavy atom. The number of esters is 1. The molecule has 0 heterocycles. The molecular weight excluding hydrogens is 250 g/mol. The number of hydrogen-bond acceptors (Lipinski definition) is 3. The number of hydrogen-bond donors (Lipinski definition) is 1. The zero-order chi connectivity index (χ0) is 14.6. The van der Waals surface area contributed by atoms with Crippen LogP contribution in [0.25, 0.3) is 0 Å². The summed E-state index contributed by atoms with van der Waals surface area (Å²) in [6.07, 6.45) is 4.18. The number of benzene rings is 1. The van der Waals surface area contributed by atoms with Crippen LogP contribution < -0.4 is 5.32 Å². The molecule has 0 aliphatic heterocycles. The second-order valence-electron chi connectivity index (χ2n) is 6.34. The van der Waals surface area contributed by atoms with E-state index >= 15 is 0 Å². The topological polar surface area (TPSA) is 38.3 Å². The van der Waals surface area contributed by atoms with Crippen molar-refractivity contribution in [1.82, 2.24) is 5.32 Å². The Kier molecular flexibility index (Phi) is 4.81. The third kappa shape index (κ3) is 3.60. The van der Waals surface area contributed by atoms with Gasteiger partial charge < -0.3 is 10.1 Å². The number of ether oxygens (including phenoxy) is 1. The van der Waals surface area contributed by atoms with E-state index in [0.29, 0.717) is 17.9 Å². The second-order valence-corrected chi connectivity index (χ2v) is 6.34. The molecule has 20 heavy (non-hydrogen) atoms. The summed E-state index contributed by atoms with van der Waals surface area (Å²) in [5.41, 5.74) is 2.63. The molecule has 0 aromatic heterocycles. The molecule has 3 heteroatoms. The van der Waals surface area contributed by atoms with Crippen LogP contribution in [0.1, 0.15) is 44.2 Å². The van der Waals surface area contributed by atoms with Gasteiger partial charge in [-0.2, -0.15) is 0 Å². The number of methoxy groups -OCH3 is 1. The highest BCUT2D eigenvalue weighted by molar-refractivity contribution is 5.72. The molecule has 1 atom stereocenters. The van der Waals surface area contributed by atoms with Crippen molar-refractivity contribution in [3.63, 3.8) is 0 Å². The molecule has 1 saturated carbocycles. The highest BCUT2D eigenvalue weighted by Crippen LogP contribution is 2.37. The number of rotatable bonds is 5. The van der Waals surface area contributed by atoms with Gasteiger partial charge in [-0.15, -0.1) is 0 Å². The molecule has 0 saturated heterocycles. The van der Waals surface area contributed by atoms with Crippen molar-refractivity contribution in [2.75, 3.05) is 7.11 Å². The van der Waals surface area contributed by atoms with E-state index in [-0.39, 0.29) is 5.97 Å². The SMILES string of the molecule is COC(=O)Cc1ccccc1CNC1CCCC1(C)C. The molecule has 1 N–H and O–H groups in total. The van der Waals surface area contributed by atoms with Crippen LogP contribution >= 0.6 is 0 Å². The summed E-state index contributed by atoms with van der Waals surface area (Å²) < 4.78 is 4.76. The molecule has 0 spiro atoms. The molecule has 110 valence electrons. The maximum Gasteiger partial charge on any atom is 0.309 e. The van der Waals surface area contributed by atoms with Crippen LogP contribution in [-0.4, -0.2) is 19.1 Å². The summed E-state index contributed by atoms with van der Waals surface area (Å²) in [5, 5.41) is 3.67. The van der Waals surface area contributed by atoms with Crippen molar-refractivity contribution in [2.45, 2.75) is 52.1 Å². The Labute approximate surface area is 121 Å². The quantitative estimate of drug-likeness (QED) is 0.839. The van der Waals surface area contributed by atoms with Crippen LogP contribution in [0, 0.1) is 5.41 Å². The van der Waals surface area contributed by atoms with Crippen molar-refractivity contribution >= 4 is 5.97 Å². The molecular formula is C17H25NO2. The van der Waals surface area contributed by atoms with Crippen molar-refractivity contribution in [2.24, 2.45) is 5.41 Å². The minimum Gasteiger partial charge on any atom is -0.469 e. The standard InChI is InChI=1S/C17H25NO2/c1-17(2)10-6-9-15(17)18-12-14-8-5-4-7-13(14)11-16(19)20-3/h4-5,7-8,15,18H,6,9-12H2,1-3H3. The van der Waals surface area contributed by atoms with Gasteiger partial charge in [-0.1, -0.05) is 44.5 Å². The zero-order valence-electron chi connectivity index (χ0n) is 12.7. The predicted molar refractivity (Wildman–Crippen MR) is 80.4 cm³/mol. The van der Waals surface area contributed by atoms with E-state index in [4.69, 9.17) is 4.74 Å². The molecule has 1 aliphatic carbocycles. The van der Waals surface area contributed by atoms with Gasteiger partial charge in [0.15, 0.2) is 0 Å². The molecule has 1 aliphatic rings. The Balaban J connectivity index is 2.00. The molecule has 1 aromatic rings. The van der Waals surface area contributed by atoms with Gasteiger partial charge >= 0.3 is 5.97 Å². The Morgan fingerprint density at radius 2 is 2.05 bits per heavy atom. The molecule has 1 aromatic carbocycles. The fraction of sp³-hybridized carbons (Fsp3) is 0.588. The van der Waals surface area contributed by atoms with E-state index in [1.54, 1.807) is 0 Å². The van der Waals surface area contributed by atoms with Crippen LogP contribution in [0.5, 0.6) is 0 Å². The van der Waals surface area contributed by atoms with Crippen molar-refractivity contribution < 1.29 is 9.53 Å². The third-order valence-electron chi connectivity index (χ3n) is 4.48. The average Bonchev–Trinajstić information content (AvgIpc) is 2.76. The van der Waals surface area contributed by atoms with Gasteiger partial charge in [0.1, 0.15) is 0 Å². The molecule has 0 amide bonds. The predicted octanol–water partition coefficient (Wildman–Crippen LogP) is 3.07. The first-order chi connectivity index (χ1) is 9.53. The summed E-state index contributed by atoms with van der Waals surface area (Å²) >= 11 is 0. The highest BCUT2D eigenvalue weighted by atomic mass is 16.5. The van der Waals surface area contributed by atoms with E-state index in [1.165, 1.54) is 31.9 Å². The number of carbonyl (C=O) groups is 1. The van der Waals surface area contributed by atoms with E-state index in [9.17, 15) is 4.79 Å². The Morgan fingerprint density at radius 3 is 2.65 bits per heavy atom. The van der Waals surface area contributed by atoms with Crippen LogP contribution in [0.3, 0.4) is 0 Å². The van der Waals surface area contributed by atoms with Gasteiger partial charge in [0.05, 0.1) is 13.5 Å². The first-order valence-electron chi connectivity index (χ1n) is 7.40. The van der Waals surface area contributed by atoms with E-state index in [1.807, 2.05) is 18.2 Å². The maximum atomic E-state index is 11.5. The van der Waals surface area contributed by atoms with Gasteiger partial charge in [0.2, 0.25) is 0 Å². The summed E-state index contributed by atoms with van der Waals surface area (Å²) in [6.45, 7) is 5.48. The lowest BCUT2D eigenvalue weighted by Gasteiger charge is -2.28. The minimum absolute atomic E-state index is 0.182. The smallest absolute Gasteiger partial charge is 0.309 e. The van der Waals surface area contributed by atoms with Crippen molar-refractivity contribution in [3.05, 3.63) is 35.4 Å². The van der Waals surface area contributed by atoms with E-state index in [0.717, 1.165) is 12.1 Å². The number of carbonyl (C=O) groups excluding carboxylic acids is 1. The Bertz CT molecular complexity index is 468. The summed E-state index contributed by atoms with van der Waals surface area (Å²) in [6, 6.07) is 8.66. The van der Waals surface area contributed by atoms with Gasteiger partial charge in [0.25, 0.3) is 0 Å². The van der Waals surface area contributed by atoms with Gasteiger partial charge in [0, 0.05) is 12.6 Å². The van der Waals surface area contributed by atoms with Crippen molar-refractivity contribution in [1.29, 1.82) is 0 Å². The van der Waals surface area contributed by atoms with Gasteiger partial charge in [-0.25, -0.2) is 0 Å². The normalized spacial score (nSPS) is 20.9. The first kappa shape index (κ1) is 15.0. The van der Waals surface area contributed by atoms with Gasteiger partial charge in [-0.05, 0) is 29.4 Å². The minimum atomic E-state index is -0.182. The van der Waals surface area contributed by atoms with Crippen LogP contribution in [0.4, 0.5) is 0 Å². The Hall–Kier alpha value is -1.35. The van der Waals surface area contributed by atoms with Crippen LogP contribution in [0.15, 0.2) is 24.3 Å². The van der Waals surface area contributed by atoms with Crippen molar-refractivity contribution in [3.8, 4) is 0 Å². The first-order valence-corrected chi connectivity index (χ1v) is 7.40. The largest absolute Gasteiger partial charge is 0.469 e. The third-order valence-corrected chi connectivity index (χ3v) is 4.48. The molecule has 3 nitrogen and oxygen atoms in total. The molecule has 1 unspecified atom stereocenters. The fourth-order valence-electron chi connectivity index (χ4n) is 3.07. The lowest BCUT2D eigenvalue weighted by molar-refractivity contribution is -0.139.